The summed E-state index contributed by atoms with van der Waals surface area (Å²) in [4.78, 5) is 61.7. The van der Waals surface area contributed by atoms with E-state index in [4.69, 9.17) is 4.74 Å². The topological polar surface area (TPSA) is 127 Å². The molecule has 0 unspecified atom stereocenters. The van der Waals surface area contributed by atoms with Crippen molar-refractivity contribution >= 4 is 29.4 Å². The lowest BCUT2D eigenvalue weighted by Gasteiger charge is -2.20. The van der Waals surface area contributed by atoms with E-state index in [1.54, 1.807) is 4.90 Å². The molecule has 0 aromatic heterocycles. The molecule has 154 valence electrons. The van der Waals surface area contributed by atoms with Crippen LogP contribution in [0.2, 0.25) is 0 Å². The molecular formula is C19H21N3O7. The smallest absolute Gasteiger partial charge is 0.308 e. The van der Waals surface area contributed by atoms with E-state index in [-0.39, 0.29) is 36.6 Å². The molecule has 0 aliphatic carbocycles. The minimum absolute atomic E-state index is 0.0612. The fourth-order valence-electron chi connectivity index (χ4n) is 3.50. The molecule has 1 aromatic carbocycles. The molecule has 0 spiro atoms. The summed E-state index contributed by atoms with van der Waals surface area (Å²) in [6, 6.07) is 3.81. The molecule has 1 fully saturated rings. The van der Waals surface area contributed by atoms with Gasteiger partial charge in [0.05, 0.1) is 16.9 Å². The molecule has 0 atom stereocenters. The number of benzene rings is 1. The minimum Gasteiger partial charge on any atom is -0.456 e. The third-order valence-corrected chi connectivity index (χ3v) is 5.03. The van der Waals surface area contributed by atoms with Crippen LogP contribution in [0, 0.1) is 10.1 Å². The van der Waals surface area contributed by atoms with Crippen LogP contribution in [0.3, 0.4) is 0 Å². The Morgan fingerprint density at radius 1 is 1.07 bits per heavy atom. The number of hydrogen-bond acceptors (Lipinski definition) is 7. The minimum atomic E-state index is -0.814. The van der Waals surface area contributed by atoms with E-state index in [0.29, 0.717) is 13.1 Å². The van der Waals surface area contributed by atoms with Gasteiger partial charge < -0.3 is 9.64 Å². The summed E-state index contributed by atoms with van der Waals surface area (Å²) >= 11 is 0. The largest absolute Gasteiger partial charge is 0.456 e. The first-order valence-electron chi connectivity index (χ1n) is 9.47. The van der Waals surface area contributed by atoms with Crippen molar-refractivity contribution < 1.29 is 28.8 Å². The molecule has 0 bridgehead atoms. The summed E-state index contributed by atoms with van der Waals surface area (Å²) in [5.41, 5.74) is -0.782. The second kappa shape index (κ2) is 8.80. The fourth-order valence-corrected chi connectivity index (χ4v) is 3.50. The van der Waals surface area contributed by atoms with Crippen LogP contribution in [0.1, 0.15) is 52.8 Å². The second-order valence-electron chi connectivity index (χ2n) is 6.92. The zero-order valence-corrected chi connectivity index (χ0v) is 15.8. The van der Waals surface area contributed by atoms with E-state index < -0.39 is 28.4 Å². The fraction of sp³-hybridized carbons (Fsp3) is 0.474. The van der Waals surface area contributed by atoms with Gasteiger partial charge in [0.2, 0.25) is 0 Å². The van der Waals surface area contributed by atoms with Crippen LogP contribution in [0.15, 0.2) is 18.2 Å². The lowest BCUT2D eigenvalue weighted by Crippen LogP contribution is -2.36. The van der Waals surface area contributed by atoms with E-state index in [1.807, 2.05) is 0 Å². The van der Waals surface area contributed by atoms with Crippen molar-refractivity contribution in [3.8, 4) is 0 Å². The van der Waals surface area contributed by atoms with Gasteiger partial charge >= 0.3 is 5.97 Å². The number of carbonyl (C=O) groups is 4. The van der Waals surface area contributed by atoms with Crippen LogP contribution in [0.25, 0.3) is 0 Å². The van der Waals surface area contributed by atoms with Gasteiger partial charge in [0.15, 0.2) is 6.61 Å². The van der Waals surface area contributed by atoms with Gasteiger partial charge in [-0.15, -0.1) is 0 Å². The van der Waals surface area contributed by atoms with Crippen LogP contribution in [-0.4, -0.2) is 64.7 Å². The zero-order valence-electron chi connectivity index (χ0n) is 15.8. The summed E-state index contributed by atoms with van der Waals surface area (Å²) in [5.74, 6) is -2.50. The second-order valence-corrected chi connectivity index (χ2v) is 6.92. The highest BCUT2D eigenvalue weighted by atomic mass is 16.6. The van der Waals surface area contributed by atoms with Gasteiger partial charge in [0.1, 0.15) is 5.56 Å². The molecule has 0 N–H and O–H groups in total. The lowest BCUT2D eigenvalue weighted by atomic mass is 10.1. The number of nitro groups is 1. The van der Waals surface area contributed by atoms with Crippen molar-refractivity contribution in [3.63, 3.8) is 0 Å². The van der Waals surface area contributed by atoms with Crippen molar-refractivity contribution in [1.82, 2.24) is 9.80 Å². The number of ether oxygens (including phenoxy) is 1. The predicted octanol–water partition coefficient (Wildman–Crippen LogP) is 1.53. The van der Waals surface area contributed by atoms with E-state index >= 15 is 0 Å². The molecule has 3 amide bonds. The van der Waals surface area contributed by atoms with Crippen molar-refractivity contribution in [2.24, 2.45) is 0 Å². The predicted molar refractivity (Wildman–Crippen MR) is 99.1 cm³/mol. The Balaban J connectivity index is 1.53. The number of amides is 3. The van der Waals surface area contributed by atoms with Crippen molar-refractivity contribution in [2.75, 3.05) is 26.2 Å². The van der Waals surface area contributed by atoms with Gasteiger partial charge in [-0.05, 0) is 18.9 Å². The van der Waals surface area contributed by atoms with Gasteiger partial charge in [-0.2, -0.15) is 0 Å². The third-order valence-electron chi connectivity index (χ3n) is 5.03. The van der Waals surface area contributed by atoms with Gasteiger partial charge in [-0.25, -0.2) is 0 Å². The Labute approximate surface area is 166 Å². The Morgan fingerprint density at radius 2 is 1.76 bits per heavy atom. The first-order chi connectivity index (χ1) is 13.9. The number of nitro benzene ring substituents is 1. The first-order valence-corrected chi connectivity index (χ1v) is 9.47. The highest BCUT2D eigenvalue weighted by molar-refractivity contribution is 6.23. The molecule has 0 radical (unpaired) electrons. The van der Waals surface area contributed by atoms with Crippen LogP contribution in [-0.2, 0) is 14.3 Å². The molecule has 10 nitrogen and oxygen atoms in total. The van der Waals surface area contributed by atoms with Crippen molar-refractivity contribution in [1.29, 1.82) is 0 Å². The maximum Gasteiger partial charge on any atom is 0.308 e. The van der Waals surface area contributed by atoms with Crippen LogP contribution < -0.4 is 0 Å². The highest BCUT2D eigenvalue weighted by Crippen LogP contribution is 2.30. The number of likely N-dealkylation sites (tertiary alicyclic amines) is 1. The van der Waals surface area contributed by atoms with Gasteiger partial charge in [0, 0.05) is 25.7 Å². The summed E-state index contributed by atoms with van der Waals surface area (Å²) < 4.78 is 4.98. The quantitative estimate of drug-likeness (QED) is 0.305. The standard InChI is InChI=1S/C19H21N3O7/c23-15(20-9-3-1-2-4-10-20)12-29-16(24)8-11-21-18(25)13-6-5-7-14(22(27)28)17(13)19(21)26/h5-7H,1-4,8-12H2. The normalized spacial score (nSPS) is 16.4. The molecule has 10 heteroatoms. The average Bonchev–Trinajstić information content (AvgIpc) is 2.90. The lowest BCUT2D eigenvalue weighted by molar-refractivity contribution is -0.385. The van der Waals surface area contributed by atoms with Crippen molar-refractivity contribution in [2.45, 2.75) is 32.1 Å². The van der Waals surface area contributed by atoms with Gasteiger partial charge in [-0.1, -0.05) is 18.9 Å². The molecule has 0 saturated carbocycles. The highest BCUT2D eigenvalue weighted by Gasteiger charge is 2.40. The zero-order chi connectivity index (χ0) is 21.0. The Hall–Kier alpha value is -3.30. The molecule has 3 rings (SSSR count). The van der Waals surface area contributed by atoms with E-state index in [0.717, 1.165) is 36.6 Å². The monoisotopic (exact) mass is 403 g/mol. The summed E-state index contributed by atoms with van der Waals surface area (Å²) in [6.45, 7) is 0.626. The number of carbonyl (C=O) groups excluding carboxylic acids is 4. The van der Waals surface area contributed by atoms with Crippen LogP contribution in [0.4, 0.5) is 5.69 Å². The van der Waals surface area contributed by atoms with Crippen molar-refractivity contribution in [3.05, 3.63) is 39.4 Å². The van der Waals surface area contributed by atoms with E-state index in [1.165, 1.54) is 12.1 Å². The number of esters is 1. The molecule has 1 aromatic rings. The van der Waals surface area contributed by atoms with Gasteiger partial charge in [0.25, 0.3) is 23.4 Å². The maximum atomic E-state index is 12.4. The SMILES string of the molecule is O=C(CCN1C(=O)c2cccc([N+](=O)[O-])c2C1=O)OCC(=O)N1CCCCCC1. The summed E-state index contributed by atoms with van der Waals surface area (Å²) in [6.07, 6.45) is 3.69. The summed E-state index contributed by atoms with van der Waals surface area (Å²) in [5, 5.41) is 11.1. The first kappa shape index (κ1) is 20.4. The van der Waals surface area contributed by atoms with Crippen LogP contribution >= 0.6 is 0 Å². The Morgan fingerprint density at radius 3 is 2.41 bits per heavy atom. The molecule has 1 saturated heterocycles. The number of imide groups is 1. The molecular weight excluding hydrogens is 382 g/mol. The number of rotatable bonds is 6. The van der Waals surface area contributed by atoms with E-state index in [9.17, 15) is 29.3 Å². The number of nitrogens with zero attached hydrogens (tertiary/aromatic N) is 3. The Kier molecular flexibility index (Phi) is 6.20. The molecule has 2 aliphatic heterocycles. The molecule has 29 heavy (non-hydrogen) atoms. The summed E-state index contributed by atoms with van der Waals surface area (Å²) in [7, 11) is 0. The maximum absolute atomic E-state index is 12.4. The van der Waals surface area contributed by atoms with E-state index in [2.05, 4.69) is 0 Å². The Bertz CT molecular complexity index is 859. The number of hydrogen-bond donors (Lipinski definition) is 0. The molecule has 2 heterocycles. The van der Waals surface area contributed by atoms with Crippen LogP contribution in [0.5, 0.6) is 0 Å². The average molecular weight is 403 g/mol. The number of fused-ring (bicyclic) bond motifs is 1. The molecule has 2 aliphatic rings. The third kappa shape index (κ3) is 4.41. The van der Waals surface area contributed by atoms with Gasteiger partial charge in [-0.3, -0.25) is 34.2 Å².